The maximum atomic E-state index is 12.2. The fraction of sp³-hybridized carbons (Fsp3) is 0.222. The van der Waals surface area contributed by atoms with Gasteiger partial charge in [-0.15, -0.1) is 0 Å². The van der Waals surface area contributed by atoms with E-state index in [0.29, 0.717) is 17.3 Å². The van der Waals surface area contributed by atoms with E-state index in [2.05, 4.69) is 0 Å². The molecule has 0 spiro atoms. The topological polar surface area (TPSA) is 81.9 Å². The van der Waals surface area contributed by atoms with Gasteiger partial charge in [-0.3, -0.25) is 4.79 Å². The van der Waals surface area contributed by atoms with Crippen LogP contribution in [0.1, 0.15) is 15.9 Å². The first-order valence-electron chi connectivity index (χ1n) is 7.50. The SMILES string of the molecule is COc1ccccc1CN(C)C(=O)COC(=O)c1ccc(Cl)cc1N. The number of benzene rings is 2. The molecule has 132 valence electrons. The lowest BCUT2D eigenvalue weighted by atomic mass is 10.2. The quantitative estimate of drug-likeness (QED) is 0.631. The highest BCUT2D eigenvalue weighted by molar-refractivity contribution is 6.31. The predicted octanol–water partition coefficient (Wildman–Crippen LogP) is 2.75. The fourth-order valence-electron chi connectivity index (χ4n) is 2.21. The van der Waals surface area contributed by atoms with E-state index in [4.69, 9.17) is 26.8 Å². The number of nitrogens with two attached hydrogens (primary N) is 1. The van der Waals surface area contributed by atoms with Crippen molar-refractivity contribution in [2.45, 2.75) is 6.54 Å². The molecule has 0 aromatic heterocycles. The normalized spacial score (nSPS) is 10.2. The summed E-state index contributed by atoms with van der Waals surface area (Å²) in [5.41, 5.74) is 6.96. The molecule has 7 heteroatoms. The van der Waals surface area contributed by atoms with Crippen LogP contribution in [0.5, 0.6) is 5.75 Å². The van der Waals surface area contributed by atoms with Crippen molar-refractivity contribution in [1.82, 2.24) is 4.90 Å². The van der Waals surface area contributed by atoms with Crippen LogP contribution in [0.3, 0.4) is 0 Å². The summed E-state index contributed by atoms with van der Waals surface area (Å²) in [6.07, 6.45) is 0. The van der Waals surface area contributed by atoms with Crippen LogP contribution in [-0.2, 0) is 16.1 Å². The Bertz CT molecular complexity index is 779. The lowest BCUT2D eigenvalue weighted by Crippen LogP contribution is -2.31. The summed E-state index contributed by atoms with van der Waals surface area (Å²) in [5.74, 6) is -0.326. The van der Waals surface area contributed by atoms with Crippen LogP contribution in [0, 0.1) is 0 Å². The third-order valence-corrected chi connectivity index (χ3v) is 3.82. The van der Waals surface area contributed by atoms with E-state index in [-0.39, 0.29) is 23.8 Å². The minimum absolute atomic E-state index is 0.171. The monoisotopic (exact) mass is 362 g/mol. The van der Waals surface area contributed by atoms with Crippen LogP contribution < -0.4 is 10.5 Å². The smallest absolute Gasteiger partial charge is 0.340 e. The van der Waals surface area contributed by atoms with E-state index in [0.717, 1.165) is 5.56 Å². The molecule has 0 aliphatic rings. The molecule has 2 rings (SSSR count). The molecule has 0 unspecified atom stereocenters. The van der Waals surface area contributed by atoms with Gasteiger partial charge in [0, 0.05) is 29.9 Å². The highest BCUT2D eigenvalue weighted by Crippen LogP contribution is 2.20. The number of rotatable bonds is 6. The Kier molecular flexibility index (Phi) is 6.25. The zero-order valence-corrected chi connectivity index (χ0v) is 14.7. The molecule has 1 amide bonds. The number of anilines is 1. The minimum Gasteiger partial charge on any atom is -0.496 e. The molecule has 0 bridgehead atoms. The van der Waals surface area contributed by atoms with Gasteiger partial charge in [-0.05, 0) is 24.3 Å². The highest BCUT2D eigenvalue weighted by Gasteiger charge is 2.16. The van der Waals surface area contributed by atoms with E-state index in [9.17, 15) is 9.59 Å². The van der Waals surface area contributed by atoms with Crippen LogP contribution in [0.15, 0.2) is 42.5 Å². The van der Waals surface area contributed by atoms with Gasteiger partial charge in [0.15, 0.2) is 6.61 Å². The van der Waals surface area contributed by atoms with Gasteiger partial charge < -0.3 is 20.1 Å². The van der Waals surface area contributed by atoms with E-state index in [1.54, 1.807) is 14.2 Å². The Balaban J connectivity index is 1.94. The van der Waals surface area contributed by atoms with Crippen molar-refractivity contribution in [2.24, 2.45) is 0 Å². The van der Waals surface area contributed by atoms with Gasteiger partial charge in [-0.2, -0.15) is 0 Å². The number of para-hydroxylation sites is 1. The van der Waals surface area contributed by atoms with Crippen molar-refractivity contribution >= 4 is 29.2 Å². The zero-order chi connectivity index (χ0) is 18.4. The fourth-order valence-corrected chi connectivity index (χ4v) is 2.39. The van der Waals surface area contributed by atoms with Crippen LogP contribution >= 0.6 is 11.6 Å². The van der Waals surface area contributed by atoms with Crippen LogP contribution in [0.25, 0.3) is 0 Å². The van der Waals surface area contributed by atoms with Crippen molar-refractivity contribution in [3.63, 3.8) is 0 Å². The Hall–Kier alpha value is -2.73. The number of carbonyl (C=O) groups is 2. The largest absolute Gasteiger partial charge is 0.496 e. The summed E-state index contributed by atoms with van der Waals surface area (Å²) < 4.78 is 10.3. The Labute approximate surface area is 151 Å². The number of hydrogen-bond acceptors (Lipinski definition) is 5. The van der Waals surface area contributed by atoms with E-state index in [1.165, 1.54) is 23.1 Å². The Morgan fingerprint density at radius 1 is 1.20 bits per heavy atom. The number of methoxy groups -OCH3 is 1. The van der Waals surface area contributed by atoms with Crippen molar-refractivity contribution in [1.29, 1.82) is 0 Å². The summed E-state index contributed by atoms with van der Waals surface area (Å²) in [4.78, 5) is 25.7. The molecule has 0 aliphatic carbocycles. The molecule has 25 heavy (non-hydrogen) atoms. The maximum Gasteiger partial charge on any atom is 0.340 e. The lowest BCUT2D eigenvalue weighted by molar-refractivity contribution is -0.133. The standard InChI is InChI=1S/C18H19ClN2O4/c1-21(10-12-5-3-4-6-16(12)24-2)17(22)11-25-18(23)14-8-7-13(19)9-15(14)20/h3-9H,10-11,20H2,1-2H3. The summed E-state index contributed by atoms with van der Waals surface area (Å²) in [5, 5.41) is 0.418. The zero-order valence-electron chi connectivity index (χ0n) is 14.0. The number of nitrogen functional groups attached to an aromatic ring is 1. The van der Waals surface area contributed by atoms with E-state index >= 15 is 0 Å². The molecule has 0 aliphatic heterocycles. The molecule has 2 aromatic rings. The second kappa shape index (κ2) is 8.39. The summed E-state index contributed by atoms with van der Waals surface area (Å²) in [6.45, 7) is -0.0456. The molecule has 0 atom stereocenters. The molecule has 0 radical (unpaired) electrons. The van der Waals surface area contributed by atoms with Gasteiger partial charge in [0.05, 0.1) is 12.7 Å². The molecule has 2 aromatic carbocycles. The number of hydrogen-bond donors (Lipinski definition) is 1. The molecule has 2 N–H and O–H groups in total. The number of amides is 1. The second-order valence-electron chi connectivity index (χ2n) is 5.37. The number of ether oxygens (including phenoxy) is 2. The number of nitrogens with zero attached hydrogens (tertiary/aromatic N) is 1. The van der Waals surface area contributed by atoms with Gasteiger partial charge in [-0.1, -0.05) is 29.8 Å². The maximum absolute atomic E-state index is 12.2. The number of halogens is 1. The van der Waals surface area contributed by atoms with E-state index < -0.39 is 5.97 Å². The molecule has 6 nitrogen and oxygen atoms in total. The third-order valence-electron chi connectivity index (χ3n) is 3.59. The average molecular weight is 363 g/mol. The van der Waals surface area contributed by atoms with Crippen molar-refractivity contribution in [3.05, 3.63) is 58.6 Å². The molecule has 0 fully saturated rings. The van der Waals surface area contributed by atoms with Gasteiger partial charge in [0.1, 0.15) is 5.75 Å². The van der Waals surface area contributed by atoms with Crippen molar-refractivity contribution in [3.8, 4) is 5.75 Å². The molecular weight excluding hydrogens is 344 g/mol. The molecular formula is C18H19ClN2O4. The number of esters is 1. The van der Waals surface area contributed by atoms with Crippen molar-refractivity contribution in [2.75, 3.05) is 26.5 Å². The second-order valence-corrected chi connectivity index (χ2v) is 5.81. The van der Waals surface area contributed by atoms with Gasteiger partial charge in [0.25, 0.3) is 5.91 Å². The third kappa shape index (κ3) is 4.87. The summed E-state index contributed by atoms with van der Waals surface area (Å²) in [7, 11) is 3.19. The number of likely N-dealkylation sites (N-methyl/N-ethyl adjacent to an activating group) is 1. The van der Waals surface area contributed by atoms with Gasteiger partial charge in [-0.25, -0.2) is 4.79 Å². The van der Waals surface area contributed by atoms with Crippen molar-refractivity contribution < 1.29 is 19.1 Å². The van der Waals surface area contributed by atoms with Crippen LogP contribution in [0.4, 0.5) is 5.69 Å². The summed E-state index contributed by atoms with van der Waals surface area (Å²) in [6, 6.07) is 11.8. The first-order chi connectivity index (χ1) is 11.9. The average Bonchev–Trinajstić information content (AvgIpc) is 2.59. The van der Waals surface area contributed by atoms with Gasteiger partial charge >= 0.3 is 5.97 Å². The number of carbonyl (C=O) groups excluding carboxylic acids is 2. The van der Waals surface area contributed by atoms with Crippen LogP contribution in [-0.4, -0.2) is 37.5 Å². The van der Waals surface area contributed by atoms with Gasteiger partial charge in [0.2, 0.25) is 0 Å². The predicted molar refractivity (Wildman–Crippen MR) is 95.6 cm³/mol. The highest BCUT2D eigenvalue weighted by atomic mass is 35.5. The first-order valence-corrected chi connectivity index (χ1v) is 7.88. The lowest BCUT2D eigenvalue weighted by Gasteiger charge is -2.18. The minimum atomic E-state index is -0.673. The molecule has 0 heterocycles. The molecule has 0 saturated carbocycles. The Morgan fingerprint density at radius 2 is 1.92 bits per heavy atom. The van der Waals surface area contributed by atoms with Crippen LogP contribution in [0.2, 0.25) is 5.02 Å². The first kappa shape index (κ1) is 18.6. The molecule has 0 saturated heterocycles. The Morgan fingerprint density at radius 3 is 2.60 bits per heavy atom. The van der Waals surface area contributed by atoms with E-state index in [1.807, 2.05) is 24.3 Å². The summed E-state index contributed by atoms with van der Waals surface area (Å²) >= 11 is 5.79.